The van der Waals surface area contributed by atoms with Crippen LogP contribution < -0.4 is 0 Å². The number of hydrogen-bond donors (Lipinski definition) is 0. The lowest BCUT2D eigenvalue weighted by atomic mass is 10.0. The van der Waals surface area contributed by atoms with E-state index in [0.29, 0.717) is 10.7 Å². The van der Waals surface area contributed by atoms with Crippen molar-refractivity contribution in [3.8, 4) is 6.07 Å². The molecular formula is C16H10ClFN4. The molecule has 1 aliphatic carbocycles. The van der Waals surface area contributed by atoms with E-state index in [2.05, 4.69) is 10.1 Å². The fraction of sp³-hybridized carbons (Fsp3) is 0.188. The minimum atomic E-state index is -0.419. The molecule has 0 unspecified atom stereocenters. The first-order valence-electron chi connectivity index (χ1n) is 6.87. The Morgan fingerprint density at radius 1 is 1.32 bits per heavy atom. The van der Waals surface area contributed by atoms with E-state index >= 15 is 0 Å². The van der Waals surface area contributed by atoms with Crippen molar-refractivity contribution in [2.45, 2.75) is 18.3 Å². The number of hydrogen-bond acceptors (Lipinski definition) is 3. The lowest BCUT2D eigenvalue weighted by Gasteiger charge is -2.06. The number of aromatic nitrogens is 3. The largest absolute Gasteiger partial charge is 0.235 e. The summed E-state index contributed by atoms with van der Waals surface area (Å²) in [6.07, 6.45) is 4.21. The summed E-state index contributed by atoms with van der Waals surface area (Å²) in [5.41, 5.74) is 2.38. The van der Waals surface area contributed by atoms with Crippen LogP contribution in [0.3, 0.4) is 0 Å². The molecule has 2 atom stereocenters. The van der Waals surface area contributed by atoms with Crippen LogP contribution in [0.2, 0.25) is 5.15 Å². The van der Waals surface area contributed by atoms with Gasteiger partial charge in [0.25, 0.3) is 0 Å². The maximum absolute atomic E-state index is 14.3. The Hall–Kier alpha value is -2.45. The first-order chi connectivity index (χ1) is 10.7. The normalized spacial score (nSPS) is 20.0. The van der Waals surface area contributed by atoms with Crippen molar-refractivity contribution >= 4 is 17.2 Å². The Labute approximate surface area is 130 Å². The number of benzene rings is 1. The van der Waals surface area contributed by atoms with Gasteiger partial charge in [-0.3, -0.25) is 0 Å². The average molecular weight is 313 g/mol. The number of fused-ring (bicyclic) bond motifs is 1. The van der Waals surface area contributed by atoms with Gasteiger partial charge in [0.1, 0.15) is 17.0 Å². The van der Waals surface area contributed by atoms with Gasteiger partial charge < -0.3 is 0 Å². The van der Waals surface area contributed by atoms with Crippen LogP contribution in [0.4, 0.5) is 4.39 Å². The molecule has 108 valence electrons. The van der Waals surface area contributed by atoms with Gasteiger partial charge in [-0.25, -0.2) is 13.9 Å². The van der Waals surface area contributed by atoms with Gasteiger partial charge >= 0.3 is 0 Å². The second-order valence-electron chi connectivity index (χ2n) is 5.39. The van der Waals surface area contributed by atoms with Crippen LogP contribution in [-0.4, -0.2) is 14.6 Å². The quantitative estimate of drug-likeness (QED) is 0.725. The van der Waals surface area contributed by atoms with Gasteiger partial charge in [-0.2, -0.15) is 10.4 Å². The lowest BCUT2D eigenvalue weighted by Crippen LogP contribution is -1.98. The Kier molecular flexibility index (Phi) is 2.88. The molecule has 0 bridgehead atoms. The Bertz CT molecular complexity index is 928. The summed E-state index contributed by atoms with van der Waals surface area (Å²) < 4.78 is 15.9. The SMILES string of the molecule is N#Cc1cccc([C@H]2C[C@@H]2c2cc(Cl)nn3ccnc23)c1F. The summed E-state index contributed by atoms with van der Waals surface area (Å²) in [5.74, 6) is -0.224. The summed E-state index contributed by atoms with van der Waals surface area (Å²) in [5, 5.41) is 13.5. The molecule has 6 heteroatoms. The van der Waals surface area contributed by atoms with Crippen LogP contribution in [0.1, 0.15) is 34.9 Å². The van der Waals surface area contributed by atoms with Crippen LogP contribution in [0.25, 0.3) is 5.65 Å². The second-order valence-corrected chi connectivity index (χ2v) is 5.77. The van der Waals surface area contributed by atoms with E-state index in [1.165, 1.54) is 6.07 Å². The molecule has 0 spiro atoms. The summed E-state index contributed by atoms with van der Waals surface area (Å²) in [6.45, 7) is 0. The van der Waals surface area contributed by atoms with Crippen LogP contribution in [0.15, 0.2) is 36.7 Å². The predicted octanol–water partition coefficient (Wildman–Crippen LogP) is 3.66. The van der Waals surface area contributed by atoms with E-state index in [4.69, 9.17) is 16.9 Å². The smallest absolute Gasteiger partial charge is 0.157 e. The summed E-state index contributed by atoms with van der Waals surface area (Å²) in [4.78, 5) is 4.30. The number of imidazole rings is 1. The van der Waals surface area contributed by atoms with E-state index in [9.17, 15) is 4.39 Å². The molecule has 3 aromatic rings. The molecule has 1 fully saturated rings. The third-order valence-corrected chi connectivity index (χ3v) is 4.28. The van der Waals surface area contributed by atoms with Crippen molar-refractivity contribution in [2.75, 3.05) is 0 Å². The molecule has 1 saturated carbocycles. The highest BCUT2D eigenvalue weighted by atomic mass is 35.5. The molecule has 1 aliphatic rings. The molecule has 4 rings (SSSR count). The molecule has 0 saturated heterocycles. The zero-order chi connectivity index (χ0) is 15.3. The zero-order valence-electron chi connectivity index (χ0n) is 11.4. The Morgan fingerprint density at radius 2 is 2.14 bits per heavy atom. The van der Waals surface area contributed by atoms with Crippen LogP contribution in [-0.2, 0) is 0 Å². The van der Waals surface area contributed by atoms with Crippen molar-refractivity contribution in [3.05, 3.63) is 64.3 Å². The minimum absolute atomic E-state index is 0.0484. The number of nitriles is 1. The fourth-order valence-corrected chi connectivity index (χ4v) is 3.19. The third-order valence-electron chi connectivity index (χ3n) is 4.10. The van der Waals surface area contributed by atoms with Gasteiger partial charge in [-0.05, 0) is 36.0 Å². The molecule has 0 aliphatic heterocycles. The first kappa shape index (κ1) is 13.2. The average Bonchev–Trinajstić information content (AvgIpc) is 3.16. The number of rotatable bonds is 2. The molecule has 0 amide bonds. The van der Waals surface area contributed by atoms with Crippen molar-refractivity contribution in [2.24, 2.45) is 0 Å². The minimum Gasteiger partial charge on any atom is -0.235 e. The molecule has 0 N–H and O–H groups in total. The molecule has 22 heavy (non-hydrogen) atoms. The topological polar surface area (TPSA) is 54.0 Å². The summed E-state index contributed by atoms with van der Waals surface area (Å²) >= 11 is 6.05. The number of halogens is 2. The molecule has 4 nitrogen and oxygen atoms in total. The van der Waals surface area contributed by atoms with E-state index < -0.39 is 5.82 Å². The Balaban J connectivity index is 1.76. The van der Waals surface area contributed by atoms with Gasteiger partial charge in [0.15, 0.2) is 5.65 Å². The van der Waals surface area contributed by atoms with Gasteiger partial charge in [0.2, 0.25) is 0 Å². The van der Waals surface area contributed by atoms with Gasteiger partial charge in [-0.15, -0.1) is 0 Å². The summed E-state index contributed by atoms with van der Waals surface area (Å²) in [6, 6.07) is 8.63. The van der Waals surface area contributed by atoms with Gasteiger partial charge in [0, 0.05) is 18.0 Å². The first-order valence-corrected chi connectivity index (χ1v) is 7.25. The zero-order valence-corrected chi connectivity index (χ0v) is 12.1. The van der Waals surface area contributed by atoms with E-state index in [1.807, 2.05) is 6.07 Å². The molecule has 1 aromatic carbocycles. The molecule has 0 radical (unpaired) electrons. The van der Waals surface area contributed by atoms with Crippen molar-refractivity contribution in [1.82, 2.24) is 14.6 Å². The van der Waals surface area contributed by atoms with Crippen LogP contribution in [0, 0.1) is 17.1 Å². The van der Waals surface area contributed by atoms with E-state index in [1.54, 1.807) is 35.1 Å². The molecule has 2 aromatic heterocycles. The maximum atomic E-state index is 14.3. The van der Waals surface area contributed by atoms with E-state index in [-0.39, 0.29) is 17.4 Å². The van der Waals surface area contributed by atoms with Crippen molar-refractivity contribution < 1.29 is 4.39 Å². The Morgan fingerprint density at radius 3 is 2.95 bits per heavy atom. The molecular weight excluding hydrogens is 303 g/mol. The van der Waals surface area contributed by atoms with E-state index in [0.717, 1.165) is 17.6 Å². The molecule has 2 heterocycles. The van der Waals surface area contributed by atoms with Crippen LogP contribution >= 0.6 is 11.6 Å². The van der Waals surface area contributed by atoms with Crippen molar-refractivity contribution in [1.29, 1.82) is 5.26 Å². The fourth-order valence-electron chi connectivity index (χ4n) is 2.99. The predicted molar refractivity (Wildman–Crippen MR) is 79.2 cm³/mol. The third kappa shape index (κ3) is 1.96. The maximum Gasteiger partial charge on any atom is 0.157 e. The highest BCUT2D eigenvalue weighted by Crippen LogP contribution is 2.56. The monoisotopic (exact) mass is 312 g/mol. The number of nitrogens with zero attached hydrogens (tertiary/aromatic N) is 4. The second kappa shape index (κ2) is 4.79. The highest BCUT2D eigenvalue weighted by Gasteiger charge is 2.43. The summed E-state index contributed by atoms with van der Waals surface area (Å²) in [7, 11) is 0. The van der Waals surface area contributed by atoms with Crippen LogP contribution in [0.5, 0.6) is 0 Å². The lowest BCUT2D eigenvalue weighted by molar-refractivity contribution is 0.606. The van der Waals surface area contributed by atoms with Gasteiger partial charge in [-0.1, -0.05) is 23.7 Å². The van der Waals surface area contributed by atoms with Gasteiger partial charge in [0.05, 0.1) is 5.56 Å². The standard InChI is InChI=1S/C16H10ClFN4/c17-14-7-13(16-20-4-5-22(16)21-14)12-6-11(12)10-3-1-2-9(8-19)15(10)18/h1-5,7,11-12H,6H2/t11-,12+/m1/s1. The van der Waals surface area contributed by atoms with Crippen molar-refractivity contribution in [3.63, 3.8) is 0 Å². The highest BCUT2D eigenvalue weighted by molar-refractivity contribution is 6.29.